The molecular weight excluding hydrogens is 205 g/mol. The fourth-order valence-electron chi connectivity index (χ4n) is 1.70. The Labute approximate surface area is 97.0 Å². The van der Waals surface area contributed by atoms with Gasteiger partial charge in [-0.15, -0.1) is 0 Å². The summed E-state index contributed by atoms with van der Waals surface area (Å²) in [5.74, 6) is 0.535. The number of hydrogen-bond donors (Lipinski definition) is 0. The van der Waals surface area contributed by atoms with E-state index in [1.807, 2.05) is 13.8 Å². The molecule has 1 atom stereocenters. The molecule has 0 aromatic heterocycles. The lowest BCUT2D eigenvalue weighted by Gasteiger charge is -2.13. The van der Waals surface area contributed by atoms with Gasteiger partial charge in [0.25, 0.3) is 0 Å². The second kappa shape index (κ2) is 6.48. The molecule has 0 aliphatic carbocycles. The molecule has 1 saturated heterocycles. The second-order valence-corrected chi connectivity index (χ2v) is 3.74. The van der Waals surface area contributed by atoms with Crippen molar-refractivity contribution < 1.29 is 9.13 Å². The molecule has 0 bridgehead atoms. The van der Waals surface area contributed by atoms with Gasteiger partial charge in [-0.05, 0) is 37.7 Å². The fraction of sp³-hybridized carbons (Fsp3) is 0.538. The van der Waals surface area contributed by atoms with Gasteiger partial charge in [0.1, 0.15) is 17.7 Å². The van der Waals surface area contributed by atoms with Crippen LogP contribution in [0.1, 0.15) is 20.3 Å². The third-order valence-electron chi connectivity index (χ3n) is 2.46. The van der Waals surface area contributed by atoms with Gasteiger partial charge in [-0.3, -0.25) is 0 Å². The standard InChI is InChI=1S/C11H14FNO.C2H6/c1-13-7-6-11(8-13)14-10-4-2-9(12)3-5-10;1-2/h2-5,11H,6-8H2,1H3;1-2H3. The Morgan fingerprint density at radius 1 is 1.25 bits per heavy atom. The molecule has 1 fully saturated rings. The molecule has 1 unspecified atom stereocenters. The summed E-state index contributed by atoms with van der Waals surface area (Å²) in [6.45, 7) is 6.03. The molecule has 2 nitrogen and oxygen atoms in total. The third kappa shape index (κ3) is 3.81. The molecule has 0 radical (unpaired) electrons. The Hall–Kier alpha value is -1.09. The Bertz CT molecular complexity index is 299. The van der Waals surface area contributed by atoms with Crippen molar-refractivity contribution in [2.75, 3.05) is 20.1 Å². The number of hydrogen-bond acceptors (Lipinski definition) is 2. The number of rotatable bonds is 2. The van der Waals surface area contributed by atoms with E-state index in [-0.39, 0.29) is 11.9 Å². The lowest BCUT2D eigenvalue weighted by atomic mass is 10.3. The van der Waals surface area contributed by atoms with Crippen molar-refractivity contribution in [3.63, 3.8) is 0 Å². The molecule has 1 heterocycles. The number of ether oxygens (including phenoxy) is 1. The zero-order valence-electron chi connectivity index (χ0n) is 10.2. The molecule has 2 rings (SSSR count). The molecule has 3 heteroatoms. The van der Waals surface area contributed by atoms with Gasteiger partial charge in [-0.2, -0.15) is 0 Å². The summed E-state index contributed by atoms with van der Waals surface area (Å²) in [6, 6.07) is 6.20. The highest BCUT2D eigenvalue weighted by Gasteiger charge is 2.20. The van der Waals surface area contributed by atoms with Crippen LogP contribution in [-0.2, 0) is 0 Å². The molecule has 1 aromatic rings. The minimum atomic E-state index is -0.221. The zero-order chi connectivity index (χ0) is 12.0. The molecule has 1 aromatic carbocycles. The molecule has 90 valence electrons. The van der Waals surface area contributed by atoms with Gasteiger partial charge in [-0.25, -0.2) is 4.39 Å². The van der Waals surface area contributed by atoms with Crippen molar-refractivity contribution >= 4 is 0 Å². The van der Waals surface area contributed by atoms with E-state index in [0.29, 0.717) is 0 Å². The van der Waals surface area contributed by atoms with Crippen LogP contribution in [0.4, 0.5) is 4.39 Å². The fourth-order valence-corrected chi connectivity index (χ4v) is 1.70. The van der Waals surface area contributed by atoms with Crippen LogP contribution in [0.15, 0.2) is 24.3 Å². The first-order chi connectivity index (χ1) is 7.74. The molecule has 0 saturated carbocycles. The molecule has 0 spiro atoms. The summed E-state index contributed by atoms with van der Waals surface area (Å²) in [7, 11) is 2.08. The summed E-state index contributed by atoms with van der Waals surface area (Å²) in [5, 5.41) is 0. The third-order valence-corrected chi connectivity index (χ3v) is 2.46. The van der Waals surface area contributed by atoms with Gasteiger partial charge >= 0.3 is 0 Å². The molecule has 0 N–H and O–H groups in total. The van der Waals surface area contributed by atoms with Crippen LogP contribution in [0.3, 0.4) is 0 Å². The summed E-state index contributed by atoms with van der Waals surface area (Å²) in [6.07, 6.45) is 1.30. The largest absolute Gasteiger partial charge is 0.489 e. The number of likely N-dealkylation sites (N-methyl/N-ethyl adjacent to an activating group) is 1. The van der Waals surface area contributed by atoms with Crippen molar-refractivity contribution in [2.45, 2.75) is 26.4 Å². The smallest absolute Gasteiger partial charge is 0.123 e. The lowest BCUT2D eigenvalue weighted by molar-refractivity contribution is 0.208. The van der Waals surface area contributed by atoms with Crippen LogP contribution in [0, 0.1) is 5.82 Å². The second-order valence-electron chi connectivity index (χ2n) is 3.74. The first-order valence-corrected chi connectivity index (χ1v) is 5.85. The highest BCUT2D eigenvalue weighted by Crippen LogP contribution is 2.17. The number of halogens is 1. The quantitative estimate of drug-likeness (QED) is 0.767. The average molecular weight is 225 g/mol. The van der Waals surface area contributed by atoms with Crippen LogP contribution in [0.25, 0.3) is 0 Å². The van der Waals surface area contributed by atoms with E-state index in [2.05, 4.69) is 11.9 Å². The zero-order valence-corrected chi connectivity index (χ0v) is 10.2. The minimum absolute atomic E-state index is 0.221. The lowest BCUT2D eigenvalue weighted by Crippen LogP contribution is -2.21. The van der Waals surface area contributed by atoms with Crippen molar-refractivity contribution in [1.82, 2.24) is 4.90 Å². The number of benzene rings is 1. The highest BCUT2D eigenvalue weighted by molar-refractivity contribution is 5.22. The molecule has 16 heavy (non-hydrogen) atoms. The Morgan fingerprint density at radius 2 is 1.88 bits per heavy atom. The van der Waals surface area contributed by atoms with E-state index in [0.717, 1.165) is 25.3 Å². The van der Waals surface area contributed by atoms with Gasteiger partial charge in [0.2, 0.25) is 0 Å². The van der Waals surface area contributed by atoms with E-state index in [4.69, 9.17) is 4.74 Å². The summed E-state index contributed by atoms with van der Waals surface area (Å²) >= 11 is 0. The Kier molecular flexibility index (Phi) is 5.26. The van der Waals surface area contributed by atoms with Gasteiger partial charge in [-0.1, -0.05) is 13.8 Å². The normalized spacial score (nSPS) is 20.1. The van der Waals surface area contributed by atoms with E-state index in [9.17, 15) is 4.39 Å². The van der Waals surface area contributed by atoms with Crippen molar-refractivity contribution in [2.24, 2.45) is 0 Å². The molecular formula is C13H20FNO. The summed E-state index contributed by atoms with van der Waals surface area (Å²) in [4.78, 5) is 2.23. The van der Waals surface area contributed by atoms with Crippen molar-refractivity contribution in [3.05, 3.63) is 30.1 Å². The minimum Gasteiger partial charge on any atom is -0.489 e. The van der Waals surface area contributed by atoms with Gasteiger partial charge in [0, 0.05) is 13.1 Å². The van der Waals surface area contributed by atoms with Crippen molar-refractivity contribution in [3.8, 4) is 5.75 Å². The van der Waals surface area contributed by atoms with Crippen LogP contribution in [0.5, 0.6) is 5.75 Å². The first kappa shape index (κ1) is 13.0. The molecule has 1 aliphatic rings. The maximum Gasteiger partial charge on any atom is 0.123 e. The predicted molar refractivity (Wildman–Crippen MR) is 64.3 cm³/mol. The predicted octanol–water partition coefficient (Wildman–Crippen LogP) is 2.93. The van der Waals surface area contributed by atoms with Gasteiger partial charge < -0.3 is 9.64 Å². The van der Waals surface area contributed by atoms with E-state index in [1.165, 1.54) is 12.1 Å². The Morgan fingerprint density at radius 3 is 2.38 bits per heavy atom. The molecule has 0 amide bonds. The Balaban J connectivity index is 0.000000606. The van der Waals surface area contributed by atoms with Crippen LogP contribution >= 0.6 is 0 Å². The van der Waals surface area contributed by atoms with E-state index in [1.54, 1.807) is 12.1 Å². The highest BCUT2D eigenvalue weighted by atomic mass is 19.1. The summed E-state index contributed by atoms with van der Waals surface area (Å²) in [5.41, 5.74) is 0. The number of likely N-dealkylation sites (tertiary alicyclic amines) is 1. The van der Waals surface area contributed by atoms with Crippen LogP contribution in [-0.4, -0.2) is 31.1 Å². The van der Waals surface area contributed by atoms with E-state index < -0.39 is 0 Å². The molecule has 1 aliphatic heterocycles. The van der Waals surface area contributed by atoms with Gasteiger partial charge in [0.05, 0.1) is 0 Å². The number of nitrogens with zero attached hydrogens (tertiary/aromatic N) is 1. The monoisotopic (exact) mass is 225 g/mol. The van der Waals surface area contributed by atoms with Crippen molar-refractivity contribution in [1.29, 1.82) is 0 Å². The van der Waals surface area contributed by atoms with E-state index >= 15 is 0 Å². The summed E-state index contributed by atoms with van der Waals surface area (Å²) < 4.78 is 18.3. The van der Waals surface area contributed by atoms with Crippen LogP contribution in [0.2, 0.25) is 0 Å². The SMILES string of the molecule is CC.CN1CCC(Oc2ccc(F)cc2)C1. The maximum absolute atomic E-state index is 12.6. The topological polar surface area (TPSA) is 12.5 Å². The average Bonchev–Trinajstić information content (AvgIpc) is 2.70. The maximum atomic E-state index is 12.6. The van der Waals surface area contributed by atoms with Gasteiger partial charge in [0.15, 0.2) is 0 Å². The first-order valence-electron chi connectivity index (χ1n) is 5.85. The van der Waals surface area contributed by atoms with Crippen LogP contribution < -0.4 is 4.74 Å².